The third kappa shape index (κ3) is 4.98. The molecule has 7 nitrogen and oxygen atoms in total. The van der Waals surface area contributed by atoms with Gasteiger partial charge in [0.2, 0.25) is 0 Å². The maximum absolute atomic E-state index is 5.97. The number of para-hydroxylation sites is 2. The zero-order valence-corrected chi connectivity index (χ0v) is 19.2. The molecule has 1 saturated heterocycles. The van der Waals surface area contributed by atoms with E-state index in [1.807, 2.05) is 48.5 Å². The Kier molecular flexibility index (Phi) is 6.82. The lowest BCUT2D eigenvalue weighted by Crippen LogP contribution is -2.37. The van der Waals surface area contributed by atoms with Crippen molar-refractivity contribution in [2.45, 2.75) is 20.3 Å². The van der Waals surface area contributed by atoms with E-state index in [9.17, 15) is 0 Å². The quantitative estimate of drug-likeness (QED) is 0.395. The summed E-state index contributed by atoms with van der Waals surface area (Å²) in [6.45, 7) is 7.38. The Morgan fingerprint density at radius 3 is 2.47 bits per heavy atom. The van der Waals surface area contributed by atoms with Gasteiger partial charge in [0.25, 0.3) is 0 Å². The lowest BCUT2D eigenvalue weighted by atomic mass is 10.1. The third-order valence-corrected chi connectivity index (χ3v) is 5.68. The predicted molar refractivity (Wildman–Crippen MR) is 135 cm³/mol. The van der Waals surface area contributed by atoms with Crippen molar-refractivity contribution in [2.24, 2.45) is 0 Å². The van der Waals surface area contributed by atoms with Gasteiger partial charge in [-0.3, -0.25) is 0 Å². The molecule has 2 heterocycles. The summed E-state index contributed by atoms with van der Waals surface area (Å²) >= 11 is 5.42. The van der Waals surface area contributed by atoms with E-state index in [-0.39, 0.29) is 0 Å². The summed E-state index contributed by atoms with van der Waals surface area (Å²) in [5.74, 6) is 1.74. The molecule has 0 aliphatic carbocycles. The average Bonchev–Trinajstić information content (AvgIpc) is 2.82. The van der Waals surface area contributed by atoms with Gasteiger partial charge in [-0.25, -0.2) is 9.97 Å². The molecule has 166 valence electrons. The molecule has 32 heavy (non-hydrogen) atoms. The standard InChI is InChI=1S/C24H28N6OS/c1-3-20-16(2)23(30-12-14-31-15-13-30)29-22(27-20)17-8-10-18(11-9-17)26-24(32)28-21-7-5-4-6-19(21)25/h4-11H,3,12-15,25H2,1-2H3,(H2,26,28,32). The largest absolute Gasteiger partial charge is 0.397 e. The highest BCUT2D eigenvalue weighted by Gasteiger charge is 2.19. The van der Waals surface area contributed by atoms with Gasteiger partial charge in [-0.1, -0.05) is 19.1 Å². The molecule has 0 amide bonds. The molecule has 0 saturated carbocycles. The minimum Gasteiger partial charge on any atom is -0.397 e. The van der Waals surface area contributed by atoms with Gasteiger partial charge in [0, 0.05) is 35.6 Å². The fraction of sp³-hybridized carbons (Fsp3) is 0.292. The number of benzene rings is 2. The fourth-order valence-corrected chi connectivity index (χ4v) is 3.93. The number of morpholine rings is 1. The lowest BCUT2D eigenvalue weighted by Gasteiger charge is -2.29. The highest BCUT2D eigenvalue weighted by Crippen LogP contribution is 2.27. The van der Waals surface area contributed by atoms with Gasteiger partial charge in [-0.05, 0) is 62.0 Å². The summed E-state index contributed by atoms with van der Waals surface area (Å²) in [7, 11) is 0. The predicted octanol–water partition coefficient (Wildman–Crippen LogP) is 4.24. The van der Waals surface area contributed by atoms with Crippen LogP contribution in [0.1, 0.15) is 18.2 Å². The molecule has 0 unspecified atom stereocenters. The van der Waals surface area contributed by atoms with Crippen LogP contribution in [0.3, 0.4) is 0 Å². The average molecular weight is 449 g/mol. The molecule has 1 fully saturated rings. The van der Waals surface area contributed by atoms with E-state index >= 15 is 0 Å². The van der Waals surface area contributed by atoms with Crippen LogP contribution in [-0.2, 0) is 11.2 Å². The van der Waals surface area contributed by atoms with Gasteiger partial charge in [0.05, 0.1) is 24.6 Å². The maximum Gasteiger partial charge on any atom is 0.175 e. The van der Waals surface area contributed by atoms with Crippen LogP contribution < -0.4 is 21.3 Å². The first kappa shape index (κ1) is 22.0. The van der Waals surface area contributed by atoms with Crippen LogP contribution in [0.15, 0.2) is 48.5 Å². The van der Waals surface area contributed by atoms with E-state index in [1.54, 1.807) is 0 Å². The van der Waals surface area contributed by atoms with Gasteiger partial charge in [-0.15, -0.1) is 0 Å². The monoisotopic (exact) mass is 448 g/mol. The van der Waals surface area contributed by atoms with Crippen LogP contribution in [-0.4, -0.2) is 41.4 Å². The van der Waals surface area contributed by atoms with Gasteiger partial charge in [0.1, 0.15) is 5.82 Å². The molecule has 4 rings (SSSR count). The molecule has 1 aliphatic heterocycles. The number of hydrogen-bond acceptors (Lipinski definition) is 6. The summed E-state index contributed by atoms with van der Waals surface area (Å²) in [4.78, 5) is 12.0. The number of ether oxygens (including phenoxy) is 1. The minimum atomic E-state index is 0.477. The van der Waals surface area contributed by atoms with E-state index in [1.165, 1.54) is 0 Å². The second-order valence-corrected chi connectivity index (χ2v) is 8.05. The van der Waals surface area contributed by atoms with E-state index in [4.69, 9.17) is 32.7 Å². The highest BCUT2D eigenvalue weighted by atomic mass is 32.1. The Hall–Kier alpha value is -3.23. The van der Waals surface area contributed by atoms with Crippen LogP contribution in [0.25, 0.3) is 11.4 Å². The Labute approximate surface area is 194 Å². The van der Waals surface area contributed by atoms with E-state index in [0.717, 1.165) is 72.6 Å². The van der Waals surface area contributed by atoms with Crippen LogP contribution in [0.2, 0.25) is 0 Å². The highest BCUT2D eigenvalue weighted by molar-refractivity contribution is 7.80. The third-order valence-electron chi connectivity index (χ3n) is 5.48. The van der Waals surface area contributed by atoms with Crippen molar-refractivity contribution in [3.05, 3.63) is 59.8 Å². The smallest absolute Gasteiger partial charge is 0.175 e. The molecule has 8 heteroatoms. The van der Waals surface area contributed by atoms with Crippen molar-refractivity contribution < 1.29 is 4.74 Å². The number of anilines is 4. The van der Waals surface area contributed by atoms with Gasteiger partial charge in [-0.2, -0.15) is 0 Å². The molecule has 3 aromatic rings. The Bertz CT molecular complexity index is 1100. The summed E-state index contributed by atoms with van der Waals surface area (Å²) < 4.78 is 5.51. The Balaban J connectivity index is 1.52. The number of thiocarbonyl (C=S) groups is 1. The second kappa shape index (κ2) is 9.93. The number of nitrogen functional groups attached to an aromatic ring is 1. The molecule has 0 atom stereocenters. The molecule has 0 spiro atoms. The van der Waals surface area contributed by atoms with Crippen LogP contribution in [0, 0.1) is 6.92 Å². The van der Waals surface area contributed by atoms with Crippen molar-refractivity contribution in [2.75, 3.05) is 47.6 Å². The first-order chi connectivity index (χ1) is 15.5. The van der Waals surface area contributed by atoms with Crippen molar-refractivity contribution >= 4 is 40.2 Å². The minimum absolute atomic E-state index is 0.477. The maximum atomic E-state index is 5.97. The topological polar surface area (TPSA) is 88.3 Å². The number of nitrogens with one attached hydrogen (secondary N) is 2. The molecular formula is C24H28N6OS. The molecule has 4 N–H and O–H groups in total. The number of hydrogen-bond donors (Lipinski definition) is 3. The van der Waals surface area contributed by atoms with Gasteiger partial charge >= 0.3 is 0 Å². The Morgan fingerprint density at radius 1 is 1.06 bits per heavy atom. The van der Waals surface area contributed by atoms with E-state index in [2.05, 4.69) is 29.4 Å². The molecule has 0 radical (unpaired) electrons. The first-order valence-corrected chi connectivity index (χ1v) is 11.2. The number of rotatable bonds is 5. The lowest BCUT2D eigenvalue weighted by molar-refractivity contribution is 0.122. The van der Waals surface area contributed by atoms with Gasteiger partial charge in [0.15, 0.2) is 10.9 Å². The van der Waals surface area contributed by atoms with Crippen molar-refractivity contribution in [3.8, 4) is 11.4 Å². The normalized spacial score (nSPS) is 13.6. The van der Waals surface area contributed by atoms with Crippen molar-refractivity contribution in [3.63, 3.8) is 0 Å². The van der Waals surface area contributed by atoms with Crippen LogP contribution in [0.5, 0.6) is 0 Å². The molecule has 0 bridgehead atoms. The summed E-state index contributed by atoms with van der Waals surface area (Å²) in [5, 5.41) is 6.79. The van der Waals surface area contributed by atoms with E-state index < -0.39 is 0 Å². The number of nitrogens with zero attached hydrogens (tertiary/aromatic N) is 3. The van der Waals surface area contributed by atoms with E-state index in [0.29, 0.717) is 10.8 Å². The first-order valence-electron chi connectivity index (χ1n) is 10.8. The van der Waals surface area contributed by atoms with Crippen molar-refractivity contribution in [1.29, 1.82) is 0 Å². The van der Waals surface area contributed by atoms with Gasteiger partial charge < -0.3 is 26.0 Å². The van der Waals surface area contributed by atoms with Crippen molar-refractivity contribution in [1.82, 2.24) is 9.97 Å². The summed E-state index contributed by atoms with van der Waals surface area (Å²) in [6.07, 6.45) is 0.862. The number of aromatic nitrogens is 2. The molecule has 1 aliphatic rings. The Morgan fingerprint density at radius 2 is 1.78 bits per heavy atom. The molecule has 1 aromatic heterocycles. The SMILES string of the molecule is CCc1nc(-c2ccc(NC(=S)Nc3ccccc3N)cc2)nc(N2CCOCC2)c1C. The fourth-order valence-electron chi connectivity index (χ4n) is 3.70. The summed E-state index contributed by atoms with van der Waals surface area (Å²) in [6, 6.07) is 15.5. The second-order valence-electron chi connectivity index (χ2n) is 7.64. The summed E-state index contributed by atoms with van der Waals surface area (Å²) in [5.41, 5.74) is 11.4. The van der Waals surface area contributed by atoms with Crippen LogP contribution in [0.4, 0.5) is 22.9 Å². The number of aryl methyl sites for hydroxylation is 1. The van der Waals surface area contributed by atoms with Crippen LogP contribution >= 0.6 is 12.2 Å². The zero-order valence-electron chi connectivity index (χ0n) is 18.4. The zero-order chi connectivity index (χ0) is 22.5. The number of nitrogens with two attached hydrogens (primary N) is 1. The molecular weight excluding hydrogens is 420 g/mol. The molecule has 2 aromatic carbocycles.